The average molecular weight is 312 g/mol. The lowest BCUT2D eigenvalue weighted by molar-refractivity contribution is 0.305. The lowest BCUT2D eigenvalue weighted by Gasteiger charge is -2.19. The Kier molecular flexibility index (Phi) is 5.05. The van der Waals surface area contributed by atoms with Crippen LogP contribution in [0.5, 0.6) is 5.88 Å². The summed E-state index contributed by atoms with van der Waals surface area (Å²) in [7, 11) is 0. The summed E-state index contributed by atoms with van der Waals surface area (Å²) >= 11 is 0. The van der Waals surface area contributed by atoms with Crippen molar-refractivity contribution >= 4 is 5.82 Å². The van der Waals surface area contributed by atoms with E-state index in [2.05, 4.69) is 27.2 Å². The Hall–Kier alpha value is -2.17. The van der Waals surface area contributed by atoms with Crippen LogP contribution in [0.3, 0.4) is 0 Å². The second-order valence-electron chi connectivity index (χ2n) is 5.96. The molecule has 2 aromatic heterocycles. The maximum atomic E-state index is 5.51. The predicted octanol–water partition coefficient (Wildman–Crippen LogP) is 3.46. The molecule has 0 unspecified atom stereocenters. The molecule has 0 saturated heterocycles. The number of pyridine rings is 1. The molecule has 0 atom stereocenters. The van der Waals surface area contributed by atoms with Crippen LogP contribution < -0.4 is 10.1 Å². The molecular weight excluding hydrogens is 288 g/mol. The first-order chi connectivity index (χ1) is 11.3. The van der Waals surface area contributed by atoms with Gasteiger partial charge in [0.05, 0.1) is 6.61 Å². The first kappa shape index (κ1) is 15.7. The van der Waals surface area contributed by atoms with E-state index in [0.29, 0.717) is 19.0 Å². The average Bonchev–Trinajstić information content (AvgIpc) is 2.58. The van der Waals surface area contributed by atoms with Crippen molar-refractivity contribution in [2.75, 3.05) is 11.9 Å². The molecule has 1 aliphatic rings. The molecule has 0 aromatic carbocycles. The summed E-state index contributed by atoms with van der Waals surface area (Å²) in [5.41, 5.74) is 3.63. The van der Waals surface area contributed by atoms with Crippen LogP contribution in [0.1, 0.15) is 48.8 Å². The van der Waals surface area contributed by atoms with Gasteiger partial charge < -0.3 is 10.1 Å². The summed E-state index contributed by atoms with van der Waals surface area (Å²) in [6, 6.07) is 3.97. The van der Waals surface area contributed by atoms with Crippen LogP contribution in [0.25, 0.3) is 0 Å². The van der Waals surface area contributed by atoms with E-state index in [1.165, 1.54) is 24.1 Å². The summed E-state index contributed by atoms with van der Waals surface area (Å²) in [6.07, 6.45) is 7.44. The van der Waals surface area contributed by atoms with Crippen molar-refractivity contribution in [3.63, 3.8) is 0 Å². The van der Waals surface area contributed by atoms with Gasteiger partial charge in [0, 0.05) is 30.1 Å². The summed E-state index contributed by atoms with van der Waals surface area (Å²) in [5.74, 6) is 2.51. The van der Waals surface area contributed by atoms with Crippen LogP contribution in [0, 0.1) is 6.92 Å². The Balaban J connectivity index is 1.67. The van der Waals surface area contributed by atoms with E-state index < -0.39 is 0 Å². The van der Waals surface area contributed by atoms with E-state index >= 15 is 0 Å². The van der Waals surface area contributed by atoms with Crippen LogP contribution in [-0.4, -0.2) is 21.6 Å². The highest BCUT2D eigenvalue weighted by Crippen LogP contribution is 2.25. The van der Waals surface area contributed by atoms with E-state index in [0.717, 1.165) is 36.5 Å². The van der Waals surface area contributed by atoms with E-state index in [-0.39, 0.29) is 0 Å². The van der Waals surface area contributed by atoms with Crippen molar-refractivity contribution in [2.24, 2.45) is 0 Å². The number of anilines is 1. The molecule has 0 fully saturated rings. The van der Waals surface area contributed by atoms with E-state index in [1.54, 1.807) is 0 Å². The van der Waals surface area contributed by atoms with Gasteiger partial charge in [0.2, 0.25) is 5.88 Å². The first-order valence-corrected chi connectivity index (χ1v) is 8.44. The second-order valence-corrected chi connectivity index (χ2v) is 5.96. The fraction of sp³-hybridized carbons (Fsp3) is 0.500. The molecular formula is C18H24N4O. The Morgan fingerprint density at radius 2 is 2.04 bits per heavy atom. The van der Waals surface area contributed by atoms with Gasteiger partial charge in [-0.25, -0.2) is 15.0 Å². The molecule has 0 saturated carbocycles. The Morgan fingerprint density at radius 1 is 1.17 bits per heavy atom. The molecule has 2 heterocycles. The predicted molar refractivity (Wildman–Crippen MR) is 90.8 cm³/mol. The minimum absolute atomic E-state index is 0.686. The van der Waals surface area contributed by atoms with E-state index in [4.69, 9.17) is 4.74 Å². The van der Waals surface area contributed by atoms with Gasteiger partial charge in [-0.2, -0.15) is 0 Å². The molecule has 0 aliphatic heterocycles. The molecule has 1 N–H and O–H groups in total. The van der Waals surface area contributed by atoms with Gasteiger partial charge in [-0.3, -0.25) is 0 Å². The largest absolute Gasteiger partial charge is 0.478 e. The molecule has 3 rings (SSSR count). The third-order valence-corrected chi connectivity index (χ3v) is 4.01. The fourth-order valence-electron chi connectivity index (χ4n) is 2.86. The molecule has 23 heavy (non-hydrogen) atoms. The van der Waals surface area contributed by atoms with E-state index in [9.17, 15) is 0 Å². The number of hydrogen-bond acceptors (Lipinski definition) is 5. The van der Waals surface area contributed by atoms with Gasteiger partial charge in [0.25, 0.3) is 0 Å². The number of aromatic nitrogens is 3. The van der Waals surface area contributed by atoms with Crippen molar-refractivity contribution < 1.29 is 4.74 Å². The quantitative estimate of drug-likeness (QED) is 0.885. The van der Waals surface area contributed by atoms with Crippen LogP contribution in [0.2, 0.25) is 0 Å². The normalized spacial score (nSPS) is 13.5. The van der Waals surface area contributed by atoms with Gasteiger partial charge in [0.1, 0.15) is 11.6 Å². The lowest BCUT2D eigenvalue weighted by atomic mass is 9.96. The monoisotopic (exact) mass is 312 g/mol. The van der Waals surface area contributed by atoms with Crippen molar-refractivity contribution in [1.29, 1.82) is 0 Å². The number of aryl methyl sites for hydroxylation is 2. The van der Waals surface area contributed by atoms with Crippen molar-refractivity contribution in [3.8, 4) is 5.88 Å². The maximum absolute atomic E-state index is 5.51. The zero-order valence-electron chi connectivity index (χ0n) is 13.9. The summed E-state index contributed by atoms with van der Waals surface area (Å²) in [4.78, 5) is 13.5. The van der Waals surface area contributed by atoms with Gasteiger partial charge in [-0.05, 0) is 44.6 Å². The topological polar surface area (TPSA) is 59.9 Å². The molecule has 0 spiro atoms. The van der Waals surface area contributed by atoms with Crippen LogP contribution in [0.4, 0.5) is 5.82 Å². The standard InChI is InChI=1S/C18H24N4O/c1-3-10-23-17-9-8-14(11-19-17)12-20-18-15-6-4-5-7-16(15)21-13(2)22-18/h8-9,11H,3-7,10,12H2,1-2H3,(H,20,21,22). The summed E-state index contributed by atoms with van der Waals surface area (Å²) < 4.78 is 5.51. The highest BCUT2D eigenvalue weighted by Gasteiger charge is 2.16. The third kappa shape index (κ3) is 3.97. The number of nitrogens with one attached hydrogen (secondary N) is 1. The minimum Gasteiger partial charge on any atom is -0.478 e. The maximum Gasteiger partial charge on any atom is 0.213 e. The number of rotatable bonds is 6. The third-order valence-electron chi connectivity index (χ3n) is 4.01. The van der Waals surface area contributed by atoms with Crippen LogP contribution >= 0.6 is 0 Å². The molecule has 0 radical (unpaired) electrons. The van der Waals surface area contributed by atoms with Gasteiger partial charge in [-0.15, -0.1) is 0 Å². The number of ether oxygens (including phenoxy) is 1. The van der Waals surface area contributed by atoms with Crippen LogP contribution in [0.15, 0.2) is 18.3 Å². The Bertz CT molecular complexity index is 655. The van der Waals surface area contributed by atoms with E-state index in [1.807, 2.05) is 25.3 Å². The molecule has 5 heteroatoms. The lowest BCUT2D eigenvalue weighted by Crippen LogP contribution is -2.13. The fourth-order valence-corrected chi connectivity index (χ4v) is 2.86. The number of hydrogen-bond donors (Lipinski definition) is 1. The van der Waals surface area contributed by atoms with Gasteiger partial charge >= 0.3 is 0 Å². The SMILES string of the molecule is CCCOc1ccc(CNc2nc(C)nc3c2CCCC3)cn1. The molecule has 5 nitrogen and oxygen atoms in total. The zero-order chi connectivity index (χ0) is 16.1. The van der Waals surface area contributed by atoms with Crippen molar-refractivity contribution in [3.05, 3.63) is 41.0 Å². The first-order valence-electron chi connectivity index (χ1n) is 8.44. The van der Waals surface area contributed by atoms with Gasteiger partial charge in [-0.1, -0.05) is 13.0 Å². The zero-order valence-corrected chi connectivity index (χ0v) is 13.9. The smallest absolute Gasteiger partial charge is 0.213 e. The highest BCUT2D eigenvalue weighted by molar-refractivity contribution is 5.48. The summed E-state index contributed by atoms with van der Waals surface area (Å²) in [6.45, 7) is 5.46. The van der Waals surface area contributed by atoms with Crippen molar-refractivity contribution in [1.82, 2.24) is 15.0 Å². The Morgan fingerprint density at radius 3 is 2.83 bits per heavy atom. The number of nitrogens with zero attached hydrogens (tertiary/aromatic N) is 3. The van der Waals surface area contributed by atoms with Crippen molar-refractivity contribution in [2.45, 2.75) is 52.5 Å². The second kappa shape index (κ2) is 7.40. The highest BCUT2D eigenvalue weighted by atomic mass is 16.5. The number of fused-ring (bicyclic) bond motifs is 1. The van der Waals surface area contributed by atoms with Crippen LogP contribution in [-0.2, 0) is 19.4 Å². The molecule has 2 aromatic rings. The molecule has 1 aliphatic carbocycles. The molecule has 122 valence electrons. The molecule has 0 bridgehead atoms. The van der Waals surface area contributed by atoms with Gasteiger partial charge in [0.15, 0.2) is 0 Å². The molecule has 0 amide bonds. The minimum atomic E-state index is 0.686. The Labute approximate surface area is 137 Å². The summed E-state index contributed by atoms with van der Waals surface area (Å²) in [5, 5.41) is 3.46.